The average Bonchev–Trinajstić information content (AvgIpc) is 2.92. The number of fused-ring (bicyclic) bond motifs is 1. The van der Waals surface area contributed by atoms with E-state index in [0.29, 0.717) is 48.7 Å². The Kier molecular flexibility index (Phi) is 5.81. The molecular formula is C23H28N2O5. The molecule has 0 spiro atoms. The summed E-state index contributed by atoms with van der Waals surface area (Å²) < 4.78 is 18.6. The lowest BCUT2D eigenvalue weighted by atomic mass is 10.1. The third-order valence-electron chi connectivity index (χ3n) is 6.01. The number of methoxy groups -OCH3 is 1. The van der Waals surface area contributed by atoms with Gasteiger partial charge in [-0.1, -0.05) is 6.07 Å². The van der Waals surface area contributed by atoms with E-state index in [-0.39, 0.29) is 11.9 Å². The first kappa shape index (κ1) is 20.5. The Morgan fingerprint density at radius 2 is 2.00 bits per heavy atom. The van der Waals surface area contributed by atoms with Crippen molar-refractivity contribution in [2.45, 2.75) is 39.3 Å². The zero-order valence-electron chi connectivity index (χ0n) is 17.8. The van der Waals surface area contributed by atoms with E-state index >= 15 is 0 Å². The number of nitrogens with zero attached hydrogens (tertiary/aromatic N) is 2. The minimum Gasteiger partial charge on any atom is -0.491 e. The topological polar surface area (TPSA) is 70.0 Å². The summed E-state index contributed by atoms with van der Waals surface area (Å²) in [5.41, 5.74) is 3.83. The van der Waals surface area contributed by atoms with Gasteiger partial charge in [-0.25, -0.2) is 4.79 Å². The summed E-state index contributed by atoms with van der Waals surface area (Å²) >= 11 is 0. The van der Waals surface area contributed by atoms with Gasteiger partial charge < -0.3 is 23.7 Å². The molecule has 3 heterocycles. The molecule has 1 saturated heterocycles. The number of hydrogen-bond donors (Lipinski definition) is 0. The highest BCUT2D eigenvalue weighted by molar-refractivity contribution is 5.96. The van der Waals surface area contributed by atoms with Crippen molar-refractivity contribution < 1.29 is 23.8 Å². The van der Waals surface area contributed by atoms with Crippen molar-refractivity contribution in [1.82, 2.24) is 9.47 Å². The molecule has 30 heavy (non-hydrogen) atoms. The quantitative estimate of drug-likeness (QED) is 0.724. The van der Waals surface area contributed by atoms with Gasteiger partial charge in [0.1, 0.15) is 12.4 Å². The van der Waals surface area contributed by atoms with Crippen LogP contribution >= 0.6 is 0 Å². The number of carbonyl (C=O) groups is 2. The molecule has 2 aliphatic rings. The molecule has 7 nitrogen and oxygen atoms in total. The standard InChI is InChI=1S/C23H28N2O5/c1-15-12-19(16(2)25(15)17-6-5-10-29-14-17)22(26)24-9-11-30-21-8-4-7-18(20(21)13-24)23(27)28-3/h4,7-8,12,17H,5-6,9-11,13-14H2,1-3H3. The zero-order chi connectivity index (χ0) is 21.3. The van der Waals surface area contributed by atoms with Crippen molar-refractivity contribution in [1.29, 1.82) is 0 Å². The van der Waals surface area contributed by atoms with Crippen LogP contribution in [0.15, 0.2) is 24.3 Å². The van der Waals surface area contributed by atoms with Crippen LogP contribution in [-0.4, -0.2) is 54.8 Å². The SMILES string of the molecule is COC(=O)c1cccc2c1CN(C(=O)c1cc(C)n(C3CCCOC3)c1C)CCO2. The van der Waals surface area contributed by atoms with Gasteiger partial charge in [0.05, 0.1) is 44.0 Å². The maximum absolute atomic E-state index is 13.5. The van der Waals surface area contributed by atoms with Gasteiger partial charge in [0.15, 0.2) is 0 Å². The predicted molar refractivity (Wildman–Crippen MR) is 111 cm³/mol. The second-order valence-corrected chi connectivity index (χ2v) is 7.87. The van der Waals surface area contributed by atoms with E-state index in [4.69, 9.17) is 14.2 Å². The summed E-state index contributed by atoms with van der Waals surface area (Å²) in [6, 6.07) is 7.52. The molecule has 7 heteroatoms. The lowest BCUT2D eigenvalue weighted by Gasteiger charge is -2.27. The zero-order valence-corrected chi connectivity index (χ0v) is 17.8. The Morgan fingerprint density at radius 1 is 1.17 bits per heavy atom. The molecule has 0 N–H and O–H groups in total. The van der Waals surface area contributed by atoms with E-state index in [1.54, 1.807) is 17.0 Å². The Morgan fingerprint density at radius 3 is 2.73 bits per heavy atom. The molecular weight excluding hydrogens is 384 g/mol. The lowest BCUT2D eigenvalue weighted by molar-refractivity contribution is 0.0577. The first-order valence-electron chi connectivity index (χ1n) is 10.4. The van der Waals surface area contributed by atoms with E-state index in [9.17, 15) is 9.59 Å². The number of amides is 1. The number of rotatable bonds is 3. The Bertz CT molecular complexity index is 959. The van der Waals surface area contributed by atoms with Gasteiger partial charge in [0, 0.05) is 23.6 Å². The van der Waals surface area contributed by atoms with Crippen LogP contribution in [-0.2, 0) is 16.0 Å². The largest absolute Gasteiger partial charge is 0.491 e. The molecule has 1 atom stereocenters. The molecule has 2 aromatic rings. The molecule has 0 bridgehead atoms. The fourth-order valence-electron chi connectivity index (χ4n) is 4.53. The van der Waals surface area contributed by atoms with Crippen LogP contribution in [0.25, 0.3) is 0 Å². The number of carbonyl (C=O) groups excluding carboxylic acids is 2. The summed E-state index contributed by atoms with van der Waals surface area (Å²) in [7, 11) is 1.35. The molecule has 1 unspecified atom stereocenters. The van der Waals surface area contributed by atoms with E-state index in [1.165, 1.54) is 7.11 Å². The van der Waals surface area contributed by atoms with E-state index in [1.807, 2.05) is 26.0 Å². The van der Waals surface area contributed by atoms with Crippen LogP contribution in [0.4, 0.5) is 0 Å². The van der Waals surface area contributed by atoms with Crippen LogP contribution in [0.1, 0.15) is 56.6 Å². The molecule has 1 aromatic heterocycles. The number of aryl methyl sites for hydroxylation is 1. The predicted octanol–water partition coefficient (Wildman–Crippen LogP) is 3.28. The Hall–Kier alpha value is -2.80. The molecule has 4 rings (SSSR count). The smallest absolute Gasteiger partial charge is 0.338 e. The fraction of sp³-hybridized carbons (Fsp3) is 0.478. The van der Waals surface area contributed by atoms with Crippen LogP contribution in [0, 0.1) is 13.8 Å². The van der Waals surface area contributed by atoms with Gasteiger partial charge in [-0.05, 0) is 44.9 Å². The summed E-state index contributed by atoms with van der Waals surface area (Å²) in [6.07, 6.45) is 2.08. The van der Waals surface area contributed by atoms with E-state index in [0.717, 1.165) is 30.8 Å². The van der Waals surface area contributed by atoms with Gasteiger partial charge in [0.2, 0.25) is 0 Å². The summed E-state index contributed by atoms with van der Waals surface area (Å²) in [4.78, 5) is 27.5. The van der Waals surface area contributed by atoms with Crippen LogP contribution < -0.4 is 4.74 Å². The maximum Gasteiger partial charge on any atom is 0.338 e. The molecule has 0 radical (unpaired) electrons. The number of benzene rings is 1. The highest BCUT2D eigenvalue weighted by Gasteiger charge is 2.29. The summed E-state index contributed by atoms with van der Waals surface area (Å²) in [6.45, 7) is 6.64. The van der Waals surface area contributed by atoms with Crippen molar-refractivity contribution in [3.05, 3.63) is 52.3 Å². The third kappa shape index (κ3) is 3.69. The van der Waals surface area contributed by atoms with Crippen molar-refractivity contribution in [2.24, 2.45) is 0 Å². The van der Waals surface area contributed by atoms with Crippen LogP contribution in [0.5, 0.6) is 5.75 Å². The normalized spacial score (nSPS) is 18.9. The van der Waals surface area contributed by atoms with E-state index in [2.05, 4.69) is 4.57 Å². The average molecular weight is 412 g/mol. The van der Waals surface area contributed by atoms with Gasteiger partial charge in [-0.15, -0.1) is 0 Å². The molecule has 0 aliphatic carbocycles. The third-order valence-corrected chi connectivity index (χ3v) is 6.01. The molecule has 160 valence electrons. The first-order valence-corrected chi connectivity index (χ1v) is 10.4. The van der Waals surface area contributed by atoms with Crippen molar-refractivity contribution in [3.8, 4) is 5.75 Å². The molecule has 1 amide bonds. The van der Waals surface area contributed by atoms with Crippen molar-refractivity contribution >= 4 is 11.9 Å². The number of esters is 1. The minimum absolute atomic E-state index is 0.0535. The molecule has 0 saturated carbocycles. The highest BCUT2D eigenvalue weighted by Crippen LogP contribution is 2.30. The van der Waals surface area contributed by atoms with Gasteiger partial charge in [0.25, 0.3) is 5.91 Å². The maximum atomic E-state index is 13.5. The first-order chi connectivity index (χ1) is 14.5. The van der Waals surface area contributed by atoms with E-state index < -0.39 is 5.97 Å². The summed E-state index contributed by atoms with van der Waals surface area (Å²) in [5, 5.41) is 0. The molecule has 2 aliphatic heterocycles. The van der Waals surface area contributed by atoms with Gasteiger partial charge in [-0.2, -0.15) is 0 Å². The fourth-order valence-corrected chi connectivity index (χ4v) is 4.53. The second kappa shape index (κ2) is 8.52. The Balaban J connectivity index is 1.64. The molecule has 1 aromatic carbocycles. The molecule has 1 fully saturated rings. The summed E-state index contributed by atoms with van der Waals surface area (Å²) in [5.74, 6) is 0.139. The van der Waals surface area contributed by atoms with Gasteiger partial charge >= 0.3 is 5.97 Å². The van der Waals surface area contributed by atoms with Crippen molar-refractivity contribution in [2.75, 3.05) is 33.5 Å². The highest BCUT2D eigenvalue weighted by atomic mass is 16.5. The number of ether oxygens (including phenoxy) is 3. The van der Waals surface area contributed by atoms with Gasteiger partial charge in [-0.3, -0.25) is 4.79 Å². The van der Waals surface area contributed by atoms with Crippen molar-refractivity contribution in [3.63, 3.8) is 0 Å². The number of aromatic nitrogens is 1. The monoisotopic (exact) mass is 412 g/mol. The minimum atomic E-state index is -0.430. The number of hydrogen-bond acceptors (Lipinski definition) is 5. The Labute approximate surface area is 176 Å². The second-order valence-electron chi connectivity index (χ2n) is 7.87. The van der Waals surface area contributed by atoms with Crippen LogP contribution in [0.2, 0.25) is 0 Å². The van der Waals surface area contributed by atoms with Crippen LogP contribution in [0.3, 0.4) is 0 Å². The lowest BCUT2D eigenvalue weighted by Crippen LogP contribution is -2.33.